The Balaban J connectivity index is 2.00. The number of carbonyl (C=O) groups is 1. The topological polar surface area (TPSA) is 96.6 Å². The van der Waals surface area contributed by atoms with Crippen molar-refractivity contribution < 1.29 is 13.2 Å². The van der Waals surface area contributed by atoms with Gasteiger partial charge in [-0.05, 0) is 6.92 Å². The van der Waals surface area contributed by atoms with Crippen LogP contribution in [0, 0.1) is 6.92 Å². The molecule has 0 radical (unpaired) electrons. The van der Waals surface area contributed by atoms with Gasteiger partial charge in [0, 0.05) is 31.6 Å². The molecule has 1 aromatic heterocycles. The van der Waals surface area contributed by atoms with Crippen molar-refractivity contribution in [1.29, 1.82) is 0 Å². The molecule has 0 spiro atoms. The second kappa shape index (κ2) is 4.92. The maximum atomic E-state index is 12.0. The Morgan fingerprint density at radius 3 is 2.44 bits per heavy atom. The zero-order valence-corrected chi connectivity index (χ0v) is 11.5. The van der Waals surface area contributed by atoms with Gasteiger partial charge in [0.2, 0.25) is 0 Å². The minimum absolute atomic E-state index is 0.159. The fourth-order valence-corrected chi connectivity index (χ4v) is 3.03. The van der Waals surface area contributed by atoms with E-state index in [1.54, 1.807) is 10.3 Å². The van der Waals surface area contributed by atoms with E-state index in [9.17, 15) is 13.2 Å². The molecule has 0 aromatic carbocycles. The Morgan fingerprint density at radius 1 is 1.39 bits per heavy atom. The number of thiazole rings is 1. The van der Waals surface area contributed by atoms with Gasteiger partial charge in [-0.15, -0.1) is 11.3 Å². The summed E-state index contributed by atoms with van der Waals surface area (Å²) < 4.78 is 23.4. The number of nitrogens with zero attached hydrogens (tertiary/aromatic N) is 3. The van der Waals surface area contributed by atoms with E-state index in [2.05, 4.69) is 4.98 Å². The van der Waals surface area contributed by atoms with Crippen LogP contribution in [0.4, 0.5) is 0 Å². The fourth-order valence-electron chi connectivity index (χ4n) is 1.77. The molecule has 1 aliphatic rings. The number of hydrogen-bond acceptors (Lipinski definition) is 5. The fraction of sp³-hybridized carbons (Fsp3) is 0.556. The number of aryl methyl sites for hydroxylation is 1. The Bertz CT molecular complexity index is 546. The summed E-state index contributed by atoms with van der Waals surface area (Å²) in [7, 11) is -3.65. The van der Waals surface area contributed by atoms with Crippen LogP contribution in [-0.4, -0.2) is 54.7 Å². The van der Waals surface area contributed by atoms with Crippen LogP contribution in [0.25, 0.3) is 0 Å². The number of amides is 1. The Labute approximate surface area is 109 Å². The van der Waals surface area contributed by atoms with Gasteiger partial charge in [-0.25, -0.2) is 10.1 Å². The number of aromatic nitrogens is 1. The van der Waals surface area contributed by atoms with Crippen molar-refractivity contribution in [3.8, 4) is 0 Å². The molecule has 18 heavy (non-hydrogen) atoms. The van der Waals surface area contributed by atoms with E-state index in [4.69, 9.17) is 5.14 Å². The second-order valence-electron chi connectivity index (χ2n) is 3.99. The monoisotopic (exact) mass is 290 g/mol. The summed E-state index contributed by atoms with van der Waals surface area (Å²) in [5, 5.41) is 7.58. The third kappa shape index (κ3) is 2.86. The zero-order valence-electron chi connectivity index (χ0n) is 9.87. The van der Waals surface area contributed by atoms with Gasteiger partial charge in [-0.2, -0.15) is 12.7 Å². The first-order valence-electron chi connectivity index (χ1n) is 5.37. The van der Waals surface area contributed by atoms with E-state index < -0.39 is 10.2 Å². The lowest BCUT2D eigenvalue weighted by Gasteiger charge is -2.32. The molecular formula is C9H14N4O3S2. The summed E-state index contributed by atoms with van der Waals surface area (Å²) in [6.45, 7) is 2.97. The third-order valence-electron chi connectivity index (χ3n) is 2.72. The molecule has 2 rings (SSSR count). The summed E-state index contributed by atoms with van der Waals surface area (Å²) in [5.74, 6) is -0.159. The van der Waals surface area contributed by atoms with Crippen LogP contribution in [0.2, 0.25) is 0 Å². The first kappa shape index (κ1) is 13.4. The minimum Gasteiger partial charge on any atom is -0.335 e. The summed E-state index contributed by atoms with van der Waals surface area (Å²) in [6.07, 6.45) is 0. The maximum Gasteiger partial charge on any atom is 0.277 e. The molecule has 1 saturated heterocycles. The van der Waals surface area contributed by atoms with Gasteiger partial charge in [0.25, 0.3) is 16.1 Å². The third-order valence-corrected chi connectivity index (χ3v) is 4.58. The molecule has 9 heteroatoms. The summed E-state index contributed by atoms with van der Waals surface area (Å²) in [5.41, 5.74) is 0.418. The smallest absolute Gasteiger partial charge is 0.277 e. The molecule has 0 bridgehead atoms. The summed E-state index contributed by atoms with van der Waals surface area (Å²) in [6, 6.07) is 0. The molecule has 2 N–H and O–H groups in total. The van der Waals surface area contributed by atoms with Gasteiger partial charge in [0.05, 0.1) is 5.01 Å². The summed E-state index contributed by atoms with van der Waals surface area (Å²) >= 11 is 1.42. The molecule has 1 fully saturated rings. The Kier molecular flexibility index (Phi) is 3.66. The van der Waals surface area contributed by atoms with Gasteiger partial charge >= 0.3 is 0 Å². The molecule has 0 aliphatic carbocycles. The molecule has 2 heterocycles. The van der Waals surface area contributed by atoms with Crippen LogP contribution < -0.4 is 5.14 Å². The standard InChI is InChI=1S/C9H14N4O3S2/c1-7-11-8(6-17-7)9(14)12-2-4-13(5-3-12)18(10,15)16/h6H,2-5H2,1H3,(H2,10,15,16). The normalized spacial score (nSPS) is 18.0. The van der Waals surface area contributed by atoms with Gasteiger partial charge < -0.3 is 4.90 Å². The molecular weight excluding hydrogens is 276 g/mol. The van der Waals surface area contributed by atoms with E-state index in [0.717, 1.165) is 5.01 Å². The van der Waals surface area contributed by atoms with Crippen LogP contribution >= 0.6 is 11.3 Å². The molecule has 1 aliphatic heterocycles. The zero-order chi connectivity index (χ0) is 13.3. The van der Waals surface area contributed by atoms with Gasteiger partial charge in [0.1, 0.15) is 5.69 Å². The minimum atomic E-state index is -3.65. The first-order valence-corrected chi connectivity index (χ1v) is 7.75. The maximum absolute atomic E-state index is 12.0. The predicted molar refractivity (Wildman–Crippen MR) is 67.4 cm³/mol. The van der Waals surface area contributed by atoms with E-state index in [1.807, 2.05) is 6.92 Å². The van der Waals surface area contributed by atoms with Gasteiger partial charge in [-0.3, -0.25) is 4.79 Å². The molecule has 0 saturated carbocycles. The number of hydrogen-bond donors (Lipinski definition) is 1. The predicted octanol–water partition coefficient (Wildman–Crippen LogP) is -0.587. The van der Waals surface area contributed by atoms with Crippen molar-refractivity contribution in [2.24, 2.45) is 5.14 Å². The highest BCUT2D eigenvalue weighted by Gasteiger charge is 2.27. The van der Waals surface area contributed by atoms with Crippen molar-refractivity contribution in [3.05, 3.63) is 16.1 Å². The van der Waals surface area contributed by atoms with Crippen LogP contribution in [0.1, 0.15) is 15.5 Å². The lowest BCUT2D eigenvalue weighted by Crippen LogP contribution is -2.52. The largest absolute Gasteiger partial charge is 0.335 e. The number of piperazine rings is 1. The van der Waals surface area contributed by atoms with Crippen molar-refractivity contribution in [1.82, 2.24) is 14.2 Å². The number of nitrogens with two attached hydrogens (primary N) is 1. The molecule has 7 nitrogen and oxygen atoms in total. The molecule has 0 unspecified atom stereocenters. The van der Waals surface area contributed by atoms with E-state index in [-0.39, 0.29) is 19.0 Å². The van der Waals surface area contributed by atoms with E-state index >= 15 is 0 Å². The number of carbonyl (C=O) groups excluding carboxylic acids is 1. The highest BCUT2D eigenvalue weighted by atomic mass is 32.2. The van der Waals surface area contributed by atoms with Crippen LogP contribution in [0.15, 0.2) is 5.38 Å². The summed E-state index contributed by atoms with van der Waals surface area (Å²) in [4.78, 5) is 17.8. The molecule has 0 atom stereocenters. The van der Waals surface area contributed by atoms with E-state index in [1.165, 1.54) is 15.6 Å². The van der Waals surface area contributed by atoms with E-state index in [0.29, 0.717) is 18.8 Å². The molecule has 1 aromatic rings. The van der Waals surface area contributed by atoms with Crippen molar-refractivity contribution in [2.75, 3.05) is 26.2 Å². The highest BCUT2D eigenvalue weighted by Crippen LogP contribution is 2.12. The van der Waals surface area contributed by atoms with Crippen LogP contribution in [-0.2, 0) is 10.2 Å². The lowest BCUT2D eigenvalue weighted by molar-refractivity contribution is 0.0692. The SMILES string of the molecule is Cc1nc(C(=O)N2CCN(S(N)(=O)=O)CC2)cs1. The second-order valence-corrected chi connectivity index (χ2v) is 6.60. The molecule has 1 amide bonds. The van der Waals surface area contributed by atoms with Crippen molar-refractivity contribution in [3.63, 3.8) is 0 Å². The molecule has 100 valence electrons. The van der Waals surface area contributed by atoms with Crippen LogP contribution in [0.5, 0.6) is 0 Å². The average molecular weight is 290 g/mol. The van der Waals surface area contributed by atoms with Gasteiger partial charge in [0.15, 0.2) is 0 Å². The Hall–Kier alpha value is -1.03. The number of rotatable bonds is 2. The first-order chi connectivity index (χ1) is 8.38. The quantitative estimate of drug-likeness (QED) is 0.787. The van der Waals surface area contributed by atoms with Crippen molar-refractivity contribution in [2.45, 2.75) is 6.92 Å². The van der Waals surface area contributed by atoms with Crippen molar-refractivity contribution >= 4 is 27.5 Å². The van der Waals surface area contributed by atoms with Crippen LogP contribution in [0.3, 0.4) is 0 Å². The highest BCUT2D eigenvalue weighted by molar-refractivity contribution is 7.86. The lowest BCUT2D eigenvalue weighted by atomic mass is 10.3. The average Bonchev–Trinajstić information content (AvgIpc) is 2.74. The Morgan fingerprint density at radius 2 is 2.00 bits per heavy atom. The van der Waals surface area contributed by atoms with Gasteiger partial charge in [-0.1, -0.05) is 0 Å².